The number of ether oxygens (including phenoxy) is 1. The topological polar surface area (TPSA) is 29.5 Å². The second-order valence-electron chi connectivity index (χ2n) is 4.67. The van der Waals surface area contributed by atoms with Gasteiger partial charge in [-0.1, -0.05) is 59.3 Å². The quantitative estimate of drug-likeness (QED) is 0.717. The Morgan fingerprint density at radius 1 is 0.842 bits per heavy atom. The maximum absolute atomic E-state index is 9.82. The Bertz CT molecular complexity index is 159. The Morgan fingerprint density at radius 3 is 1.21 bits per heavy atom. The van der Waals surface area contributed by atoms with E-state index in [0.717, 1.165) is 0 Å². The third-order valence-electron chi connectivity index (χ3n) is 3.19. The van der Waals surface area contributed by atoms with Crippen LogP contribution in [0.15, 0.2) is 0 Å². The smallest absolute Gasteiger partial charge is 0.302 e. The van der Waals surface area contributed by atoms with Gasteiger partial charge in [0.25, 0.3) is 0 Å². The molecule has 3 heteroatoms. The highest BCUT2D eigenvalue weighted by Crippen LogP contribution is 2.15. The lowest BCUT2D eigenvalue weighted by molar-refractivity contribution is -0.140. The van der Waals surface area contributed by atoms with Gasteiger partial charge in [0.15, 0.2) is 0 Å². The van der Waals surface area contributed by atoms with Crippen molar-refractivity contribution in [1.29, 1.82) is 0 Å². The number of hydrogen-bond acceptors (Lipinski definition) is 3. The highest BCUT2D eigenvalue weighted by atomic mass is 16.5. The Morgan fingerprint density at radius 2 is 1.16 bits per heavy atom. The first-order valence-corrected chi connectivity index (χ1v) is 7.97. The summed E-state index contributed by atoms with van der Waals surface area (Å²) in [5, 5.41) is 0. The molecule has 0 amide bonds. The largest absolute Gasteiger partial charge is 0.466 e. The highest BCUT2D eigenvalue weighted by molar-refractivity contribution is 5.65. The first kappa shape index (κ1) is 20.7. The van der Waals surface area contributed by atoms with Crippen molar-refractivity contribution in [3.8, 4) is 0 Å². The van der Waals surface area contributed by atoms with Gasteiger partial charge in [0, 0.05) is 6.92 Å². The van der Waals surface area contributed by atoms with E-state index in [1.807, 2.05) is 0 Å². The average Bonchev–Trinajstić information content (AvgIpc) is 2.44. The molecule has 0 aromatic rings. The zero-order chi connectivity index (χ0) is 14.9. The SMILES string of the molecule is C1CCCCC1.CCN(CC)CC.CCOC(C)=O. The summed E-state index contributed by atoms with van der Waals surface area (Å²) in [5.41, 5.74) is 0. The standard InChI is InChI=1S/C6H15N.C6H12.C4H8O2/c1-4-7(5-2)6-3;1-2-4-6-5-3-1;1-3-6-4(2)5/h4-6H2,1-3H3;1-6H2;3H2,1-2H3. The molecule has 1 aliphatic carbocycles. The predicted octanol–water partition coefficient (Wildman–Crippen LogP) is 4.26. The molecule has 0 atom stereocenters. The van der Waals surface area contributed by atoms with Crippen molar-refractivity contribution in [1.82, 2.24) is 4.90 Å². The van der Waals surface area contributed by atoms with Crippen molar-refractivity contribution in [2.75, 3.05) is 26.2 Å². The van der Waals surface area contributed by atoms with Crippen LogP contribution >= 0.6 is 0 Å². The fourth-order valence-electron chi connectivity index (χ4n) is 1.93. The van der Waals surface area contributed by atoms with E-state index >= 15 is 0 Å². The number of esters is 1. The molecular weight excluding hydrogens is 238 g/mol. The van der Waals surface area contributed by atoms with Crippen LogP contribution < -0.4 is 0 Å². The van der Waals surface area contributed by atoms with Crippen LogP contribution in [0.2, 0.25) is 0 Å². The van der Waals surface area contributed by atoms with Crippen LogP contribution in [0.1, 0.15) is 73.1 Å². The van der Waals surface area contributed by atoms with Crippen molar-refractivity contribution >= 4 is 5.97 Å². The second kappa shape index (κ2) is 17.4. The fraction of sp³-hybridized carbons (Fsp3) is 0.938. The Kier molecular flexibility index (Phi) is 19.0. The molecule has 1 rings (SSSR count). The van der Waals surface area contributed by atoms with Crippen molar-refractivity contribution in [3.63, 3.8) is 0 Å². The lowest BCUT2D eigenvalue weighted by Crippen LogP contribution is -2.21. The van der Waals surface area contributed by atoms with E-state index in [-0.39, 0.29) is 5.97 Å². The van der Waals surface area contributed by atoms with Gasteiger partial charge < -0.3 is 9.64 Å². The molecule has 1 saturated carbocycles. The summed E-state index contributed by atoms with van der Waals surface area (Å²) in [7, 11) is 0. The first-order valence-electron chi connectivity index (χ1n) is 7.97. The third-order valence-corrected chi connectivity index (χ3v) is 3.19. The van der Waals surface area contributed by atoms with E-state index < -0.39 is 0 Å². The molecule has 0 bridgehead atoms. The molecule has 0 radical (unpaired) electrons. The van der Waals surface area contributed by atoms with Crippen molar-refractivity contribution in [3.05, 3.63) is 0 Å². The second-order valence-corrected chi connectivity index (χ2v) is 4.67. The summed E-state index contributed by atoms with van der Waals surface area (Å²) in [6.45, 7) is 13.8. The Hall–Kier alpha value is -0.570. The van der Waals surface area contributed by atoms with Gasteiger partial charge in [-0.25, -0.2) is 0 Å². The molecule has 19 heavy (non-hydrogen) atoms. The summed E-state index contributed by atoms with van der Waals surface area (Å²) in [6.07, 6.45) is 9.00. The molecule has 0 heterocycles. The van der Waals surface area contributed by atoms with Gasteiger partial charge in [-0.05, 0) is 26.6 Å². The van der Waals surface area contributed by atoms with E-state index in [9.17, 15) is 4.79 Å². The van der Waals surface area contributed by atoms with Gasteiger partial charge >= 0.3 is 5.97 Å². The molecule has 1 aliphatic rings. The number of carbonyl (C=O) groups is 1. The van der Waals surface area contributed by atoms with Crippen LogP contribution in [0.25, 0.3) is 0 Å². The van der Waals surface area contributed by atoms with E-state index in [4.69, 9.17) is 0 Å². The third kappa shape index (κ3) is 19.9. The van der Waals surface area contributed by atoms with Gasteiger partial charge in [-0.3, -0.25) is 4.79 Å². The van der Waals surface area contributed by atoms with E-state index in [0.29, 0.717) is 6.61 Å². The zero-order valence-electron chi connectivity index (χ0n) is 13.8. The van der Waals surface area contributed by atoms with Crippen LogP contribution in [0.5, 0.6) is 0 Å². The number of rotatable bonds is 4. The summed E-state index contributed by atoms with van der Waals surface area (Å²) >= 11 is 0. The number of hydrogen-bond donors (Lipinski definition) is 0. The fourth-order valence-corrected chi connectivity index (χ4v) is 1.93. The van der Waals surface area contributed by atoms with Crippen molar-refractivity contribution < 1.29 is 9.53 Å². The van der Waals surface area contributed by atoms with Gasteiger partial charge in [-0.2, -0.15) is 0 Å². The van der Waals surface area contributed by atoms with Gasteiger partial charge in [0.2, 0.25) is 0 Å². The van der Waals surface area contributed by atoms with Gasteiger partial charge in [-0.15, -0.1) is 0 Å². The Balaban J connectivity index is 0. The van der Waals surface area contributed by atoms with E-state index in [1.165, 1.54) is 65.1 Å². The number of carbonyl (C=O) groups excluding carboxylic acids is 1. The van der Waals surface area contributed by atoms with Gasteiger partial charge in [0.05, 0.1) is 6.61 Å². The number of nitrogens with zero attached hydrogens (tertiary/aromatic N) is 1. The summed E-state index contributed by atoms with van der Waals surface area (Å²) < 4.78 is 4.40. The van der Waals surface area contributed by atoms with Crippen LogP contribution in [-0.2, 0) is 9.53 Å². The molecule has 1 fully saturated rings. The monoisotopic (exact) mass is 273 g/mol. The highest BCUT2D eigenvalue weighted by Gasteiger charge is 1.95. The molecule has 0 unspecified atom stereocenters. The average molecular weight is 273 g/mol. The lowest BCUT2D eigenvalue weighted by atomic mass is 10.0. The van der Waals surface area contributed by atoms with Gasteiger partial charge in [0.1, 0.15) is 0 Å². The van der Waals surface area contributed by atoms with E-state index in [1.54, 1.807) is 6.92 Å². The molecular formula is C16H35NO2. The maximum atomic E-state index is 9.82. The zero-order valence-corrected chi connectivity index (χ0v) is 13.8. The summed E-state index contributed by atoms with van der Waals surface area (Å²) in [4.78, 5) is 12.2. The van der Waals surface area contributed by atoms with Crippen LogP contribution in [0.4, 0.5) is 0 Å². The van der Waals surface area contributed by atoms with E-state index in [2.05, 4.69) is 30.4 Å². The molecule has 0 aromatic carbocycles. The molecule has 0 N–H and O–H groups in total. The van der Waals surface area contributed by atoms with Crippen LogP contribution in [-0.4, -0.2) is 37.1 Å². The minimum Gasteiger partial charge on any atom is -0.466 e. The molecule has 0 aromatic heterocycles. The van der Waals surface area contributed by atoms with Crippen molar-refractivity contribution in [2.24, 2.45) is 0 Å². The van der Waals surface area contributed by atoms with Crippen LogP contribution in [0, 0.1) is 0 Å². The molecule has 116 valence electrons. The Labute approximate surface area is 120 Å². The minimum absolute atomic E-state index is 0.211. The summed E-state index contributed by atoms with van der Waals surface area (Å²) in [5.74, 6) is -0.211. The summed E-state index contributed by atoms with van der Waals surface area (Å²) in [6, 6.07) is 0. The minimum atomic E-state index is -0.211. The first-order chi connectivity index (χ1) is 9.12. The molecule has 0 aliphatic heterocycles. The van der Waals surface area contributed by atoms with Crippen molar-refractivity contribution in [2.45, 2.75) is 73.1 Å². The molecule has 0 saturated heterocycles. The normalized spacial score (nSPS) is 13.8. The molecule has 0 spiro atoms. The predicted molar refractivity (Wildman–Crippen MR) is 83.5 cm³/mol. The van der Waals surface area contributed by atoms with Crippen LogP contribution in [0.3, 0.4) is 0 Å². The molecule has 3 nitrogen and oxygen atoms in total. The lowest BCUT2D eigenvalue weighted by Gasteiger charge is -2.13. The maximum Gasteiger partial charge on any atom is 0.302 e.